The first-order valence-corrected chi connectivity index (χ1v) is 9.56. The van der Waals surface area contributed by atoms with Crippen LogP contribution in [0.1, 0.15) is 15.9 Å². The molecule has 1 heterocycles. The molecule has 1 aromatic heterocycles. The second-order valence-electron chi connectivity index (χ2n) is 6.00. The molecule has 2 aromatic carbocycles. The van der Waals surface area contributed by atoms with Crippen molar-refractivity contribution in [1.29, 1.82) is 0 Å². The third-order valence-corrected chi connectivity index (χ3v) is 4.86. The fraction of sp³-hybridized carbons (Fsp3) is 0.200. The Kier molecular flexibility index (Phi) is 6.31. The number of amides is 1. The third-order valence-electron chi connectivity index (χ3n) is 4.12. The van der Waals surface area contributed by atoms with Gasteiger partial charge in [0.2, 0.25) is 0 Å². The second kappa shape index (κ2) is 8.69. The summed E-state index contributed by atoms with van der Waals surface area (Å²) in [5.41, 5.74) is 2.78. The van der Waals surface area contributed by atoms with Crippen molar-refractivity contribution in [3.63, 3.8) is 0 Å². The highest BCUT2D eigenvalue weighted by atomic mass is 79.9. The molecule has 0 atom stereocenters. The maximum absolute atomic E-state index is 13.1. The number of hydrogen-bond donors (Lipinski definition) is 2. The first kappa shape index (κ1) is 19.6. The number of carbonyl (C=O) groups excluding carboxylic acids is 1. The summed E-state index contributed by atoms with van der Waals surface area (Å²) in [5, 5.41) is 7.58. The van der Waals surface area contributed by atoms with Gasteiger partial charge < -0.3 is 15.4 Å². The highest BCUT2D eigenvalue weighted by molar-refractivity contribution is 9.10. The van der Waals surface area contributed by atoms with Crippen molar-refractivity contribution in [2.24, 2.45) is 0 Å². The Bertz CT molecular complexity index is 977. The van der Waals surface area contributed by atoms with E-state index in [9.17, 15) is 4.79 Å². The molecule has 0 saturated carbocycles. The van der Waals surface area contributed by atoms with E-state index in [1.165, 1.54) is 0 Å². The van der Waals surface area contributed by atoms with E-state index in [1.54, 1.807) is 31.4 Å². The standard InChI is InChI=1S/C20H19BrClN3O2/c1-12-18(20(26)24-15-6-4-14(22)5-7-15)16-11-13(21)3-8-17(16)25-19(12)23-9-10-27-2/h3-8,11H,9-10H2,1-2H3,(H,23,25)(H,24,26). The van der Waals surface area contributed by atoms with Crippen LogP contribution in [-0.4, -0.2) is 31.2 Å². The Morgan fingerprint density at radius 1 is 1.22 bits per heavy atom. The minimum absolute atomic E-state index is 0.199. The van der Waals surface area contributed by atoms with Crippen molar-refractivity contribution in [3.05, 3.63) is 63.1 Å². The summed E-state index contributed by atoms with van der Waals surface area (Å²) < 4.78 is 5.97. The van der Waals surface area contributed by atoms with Crippen LogP contribution in [0.2, 0.25) is 5.02 Å². The van der Waals surface area contributed by atoms with Crippen LogP contribution in [0.3, 0.4) is 0 Å². The van der Waals surface area contributed by atoms with Crippen LogP contribution in [-0.2, 0) is 4.74 Å². The second-order valence-corrected chi connectivity index (χ2v) is 7.35. The normalized spacial score (nSPS) is 10.8. The van der Waals surface area contributed by atoms with Crippen LogP contribution in [0.5, 0.6) is 0 Å². The van der Waals surface area contributed by atoms with Crippen LogP contribution in [0.4, 0.5) is 11.5 Å². The molecule has 0 fully saturated rings. The molecule has 0 spiro atoms. The van der Waals surface area contributed by atoms with Gasteiger partial charge in [0.15, 0.2) is 0 Å². The summed E-state index contributed by atoms with van der Waals surface area (Å²) >= 11 is 9.40. The quantitative estimate of drug-likeness (QED) is 0.504. The molecule has 0 aliphatic rings. The van der Waals surface area contributed by atoms with Gasteiger partial charge in [0.05, 0.1) is 17.7 Å². The maximum atomic E-state index is 13.1. The predicted molar refractivity (Wildman–Crippen MR) is 114 cm³/mol. The minimum Gasteiger partial charge on any atom is -0.383 e. The zero-order valence-corrected chi connectivity index (χ0v) is 17.3. The number of fused-ring (bicyclic) bond motifs is 1. The lowest BCUT2D eigenvalue weighted by molar-refractivity contribution is 0.102. The van der Waals surface area contributed by atoms with E-state index in [0.717, 1.165) is 20.9 Å². The largest absolute Gasteiger partial charge is 0.383 e. The molecule has 140 valence electrons. The van der Waals surface area contributed by atoms with Crippen molar-refractivity contribution >= 4 is 55.8 Å². The summed E-state index contributed by atoms with van der Waals surface area (Å²) in [5.74, 6) is 0.471. The lowest BCUT2D eigenvalue weighted by Crippen LogP contribution is -2.17. The van der Waals surface area contributed by atoms with E-state index in [0.29, 0.717) is 35.2 Å². The number of benzene rings is 2. The first-order valence-electron chi connectivity index (χ1n) is 8.39. The molecule has 0 bridgehead atoms. The van der Waals surface area contributed by atoms with Crippen LogP contribution in [0, 0.1) is 6.92 Å². The van der Waals surface area contributed by atoms with Crippen molar-refractivity contribution in [3.8, 4) is 0 Å². The lowest BCUT2D eigenvalue weighted by atomic mass is 10.0. The summed E-state index contributed by atoms with van der Waals surface area (Å²) in [6, 6.07) is 12.7. The zero-order chi connectivity index (χ0) is 19.4. The zero-order valence-electron chi connectivity index (χ0n) is 15.0. The molecular formula is C20H19BrClN3O2. The van der Waals surface area contributed by atoms with Gasteiger partial charge in [-0.2, -0.15) is 0 Å². The van der Waals surface area contributed by atoms with Gasteiger partial charge in [0.1, 0.15) is 5.82 Å². The van der Waals surface area contributed by atoms with Gasteiger partial charge in [-0.25, -0.2) is 4.98 Å². The van der Waals surface area contributed by atoms with E-state index in [1.807, 2.05) is 25.1 Å². The monoisotopic (exact) mass is 447 g/mol. The van der Waals surface area contributed by atoms with Gasteiger partial charge in [0, 0.05) is 39.8 Å². The van der Waals surface area contributed by atoms with Gasteiger partial charge in [0.25, 0.3) is 5.91 Å². The van der Waals surface area contributed by atoms with E-state index >= 15 is 0 Å². The third kappa shape index (κ3) is 4.58. The van der Waals surface area contributed by atoms with Crippen LogP contribution < -0.4 is 10.6 Å². The van der Waals surface area contributed by atoms with E-state index < -0.39 is 0 Å². The molecule has 27 heavy (non-hydrogen) atoms. The molecular weight excluding hydrogens is 430 g/mol. The molecule has 0 aliphatic carbocycles. The number of methoxy groups -OCH3 is 1. The molecule has 5 nitrogen and oxygen atoms in total. The number of halogens is 2. The van der Waals surface area contributed by atoms with Gasteiger partial charge in [-0.3, -0.25) is 4.79 Å². The van der Waals surface area contributed by atoms with E-state index in [2.05, 4.69) is 31.5 Å². The predicted octanol–water partition coefficient (Wildman–Crippen LogP) is 5.27. The molecule has 3 aromatic rings. The Hall–Kier alpha value is -2.15. The Labute approximate surface area is 171 Å². The summed E-state index contributed by atoms with van der Waals surface area (Å²) in [6.45, 7) is 3.04. The summed E-state index contributed by atoms with van der Waals surface area (Å²) in [7, 11) is 1.64. The summed E-state index contributed by atoms with van der Waals surface area (Å²) in [6.07, 6.45) is 0. The topological polar surface area (TPSA) is 63.2 Å². The van der Waals surface area contributed by atoms with Gasteiger partial charge in [-0.1, -0.05) is 27.5 Å². The molecule has 3 rings (SSSR count). The molecule has 0 unspecified atom stereocenters. The molecule has 2 N–H and O–H groups in total. The van der Waals surface area contributed by atoms with Gasteiger partial charge >= 0.3 is 0 Å². The number of carbonyl (C=O) groups is 1. The van der Waals surface area contributed by atoms with Crippen LogP contribution in [0.15, 0.2) is 46.9 Å². The Morgan fingerprint density at radius 3 is 2.67 bits per heavy atom. The van der Waals surface area contributed by atoms with Gasteiger partial charge in [-0.05, 0) is 49.4 Å². The summed E-state index contributed by atoms with van der Waals surface area (Å²) in [4.78, 5) is 17.8. The molecule has 0 saturated heterocycles. The number of rotatable bonds is 6. The number of nitrogens with zero attached hydrogens (tertiary/aromatic N) is 1. The molecule has 1 amide bonds. The average Bonchev–Trinajstić information content (AvgIpc) is 2.64. The molecule has 7 heteroatoms. The number of ether oxygens (including phenoxy) is 1. The molecule has 0 radical (unpaired) electrons. The maximum Gasteiger partial charge on any atom is 0.256 e. The first-order chi connectivity index (χ1) is 13.0. The highest BCUT2D eigenvalue weighted by Gasteiger charge is 2.18. The van der Waals surface area contributed by atoms with Crippen molar-refractivity contribution in [1.82, 2.24) is 4.98 Å². The number of pyridine rings is 1. The van der Waals surface area contributed by atoms with Gasteiger partial charge in [-0.15, -0.1) is 0 Å². The van der Waals surface area contributed by atoms with Crippen molar-refractivity contribution in [2.75, 3.05) is 30.9 Å². The lowest BCUT2D eigenvalue weighted by Gasteiger charge is -2.16. The van der Waals surface area contributed by atoms with E-state index in [4.69, 9.17) is 16.3 Å². The fourth-order valence-electron chi connectivity index (χ4n) is 2.79. The fourth-order valence-corrected chi connectivity index (χ4v) is 3.28. The number of hydrogen-bond acceptors (Lipinski definition) is 4. The highest BCUT2D eigenvalue weighted by Crippen LogP contribution is 2.29. The number of anilines is 2. The minimum atomic E-state index is -0.199. The van der Waals surface area contributed by atoms with Crippen molar-refractivity contribution in [2.45, 2.75) is 6.92 Å². The SMILES string of the molecule is COCCNc1nc2ccc(Br)cc2c(C(=O)Nc2ccc(Cl)cc2)c1C. The number of nitrogens with one attached hydrogen (secondary N) is 2. The van der Waals surface area contributed by atoms with E-state index in [-0.39, 0.29) is 5.91 Å². The van der Waals surface area contributed by atoms with Crippen LogP contribution >= 0.6 is 27.5 Å². The smallest absolute Gasteiger partial charge is 0.256 e. The Balaban J connectivity index is 2.04. The molecule has 0 aliphatic heterocycles. The van der Waals surface area contributed by atoms with Crippen molar-refractivity contribution < 1.29 is 9.53 Å². The average molecular weight is 449 g/mol. The number of aromatic nitrogens is 1. The Morgan fingerprint density at radius 2 is 1.96 bits per heavy atom. The van der Waals surface area contributed by atoms with Crippen LogP contribution in [0.25, 0.3) is 10.9 Å².